The molecular weight excluding hydrogens is 212 g/mol. The maximum atomic E-state index is 9.26. The number of likely N-dealkylation sites (N-methyl/N-ethyl adjacent to an activating group) is 2. The van der Waals surface area contributed by atoms with E-state index in [0.717, 1.165) is 39.3 Å². The summed E-state index contributed by atoms with van der Waals surface area (Å²) >= 11 is 0. The van der Waals surface area contributed by atoms with Gasteiger partial charge in [-0.25, -0.2) is 0 Å². The summed E-state index contributed by atoms with van der Waals surface area (Å²) in [6, 6.07) is 3.00. The quantitative estimate of drug-likeness (QED) is 0.773. The van der Waals surface area contributed by atoms with Crippen LogP contribution in [0.3, 0.4) is 0 Å². The van der Waals surface area contributed by atoms with E-state index in [2.05, 4.69) is 35.0 Å². The van der Waals surface area contributed by atoms with Crippen molar-refractivity contribution >= 4 is 0 Å². The molecule has 1 saturated heterocycles. The maximum Gasteiger partial charge on any atom is 0.116 e. The smallest absolute Gasteiger partial charge is 0.116 e. The van der Waals surface area contributed by atoms with Gasteiger partial charge in [0.15, 0.2) is 0 Å². The Bertz CT molecular complexity index is 273. The Morgan fingerprint density at radius 3 is 2.59 bits per heavy atom. The second-order valence-corrected chi connectivity index (χ2v) is 5.19. The van der Waals surface area contributed by atoms with Crippen LogP contribution >= 0.6 is 0 Å². The molecule has 0 aromatic carbocycles. The van der Waals surface area contributed by atoms with Crippen molar-refractivity contribution in [1.29, 1.82) is 5.26 Å². The summed E-state index contributed by atoms with van der Waals surface area (Å²) in [6.45, 7) is 14.6. The molecule has 0 amide bonds. The predicted octanol–water partition coefficient (Wildman–Crippen LogP) is 0.904. The van der Waals surface area contributed by atoms with Crippen LogP contribution in [0, 0.1) is 11.3 Å². The molecule has 0 spiro atoms. The molecule has 0 bridgehead atoms. The SMILES string of the molecule is CCNC(C)(C#N)CN1CCN(CC)C(C)C1. The van der Waals surface area contributed by atoms with Crippen molar-refractivity contribution in [2.75, 3.05) is 39.3 Å². The van der Waals surface area contributed by atoms with E-state index in [-0.39, 0.29) is 0 Å². The summed E-state index contributed by atoms with van der Waals surface area (Å²) in [5, 5.41) is 12.5. The summed E-state index contributed by atoms with van der Waals surface area (Å²) < 4.78 is 0. The van der Waals surface area contributed by atoms with Crippen LogP contribution in [0.5, 0.6) is 0 Å². The van der Waals surface area contributed by atoms with Gasteiger partial charge < -0.3 is 0 Å². The van der Waals surface area contributed by atoms with Crippen molar-refractivity contribution < 1.29 is 0 Å². The number of hydrogen-bond acceptors (Lipinski definition) is 4. The van der Waals surface area contributed by atoms with Crippen molar-refractivity contribution in [2.24, 2.45) is 0 Å². The zero-order chi connectivity index (χ0) is 12.9. The number of nitrogens with zero attached hydrogens (tertiary/aromatic N) is 3. The Labute approximate surface area is 106 Å². The van der Waals surface area contributed by atoms with Gasteiger partial charge in [0.1, 0.15) is 5.54 Å². The van der Waals surface area contributed by atoms with E-state index in [1.54, 1.807) is 0 Å². The first kappa shape index (κ1) is 14.4. The van der Waals surface area contributed by atoms with E-state index in [4.69, 9.17) is 0 Å². The maximum absolute atomic E-state index is 9.26. The minimum atomic E-state index is -0.414. The Morgan fingerprint density at radius 1 is 1.41 bits per heavy atom. The highest BCUT2D eigenvalue weighted by atomic mass is 15.3. The number of nitriles is 1. The number of piperazine rings is 1. The first-order valence-electron chi connectivity index (χ1n) is 6.67. The average Bonchev–Trinajstić information content (AvgIpc) is 2.29. The van der Waals surface area contributed by atoms with E-state index in [1.807, 2.05) is 13.8 Å². The molecule has 1 heterocycles. The first-order valence-corrected chi connectivity index (χ1v) is 6.67. The molecule has 0 aliphatic carbocycles. The van der Waals surface area contributed by atoms with E-state index >= 15 is 0 Å². The van der Waals surface area contributed by atoms with Gasteiger partial charge in [0.25, 0.3) is 0 Å². The van der Waals surface area contributed by atoms with Gasteiger partial charge in [-0.05, 0) is 26.9 Å². The van der Waals surface area contributed by atoms with Gasteiger partial charge in [-0.3, -0.25) is 15.1 Å². The molecule has 2 unspecified atom stereocenters. The standard InChI is InChI=1S/C13H26N4/c1-5-15-13(4,10-14)11-16-7-8-17(6-2)12(3)9-16/h12,15H,5-9,11H2,1-4H3. The molecule has 4 nitrogen and oxygen atoms in total. The molecule has 1 N–H and O–H groups in total. The fraction of sp³-hybridized carbons (Fsp3) is 0.923. The summed E-state index contributed by atoms with van der Waals surface area (Å²) in [5.74, 6) is 0. The topological polar surface area (TPSA) is 42.3 Å². The van der Waals surface area contributed by atoms with Crippen molar-refractivity contribution in [3.8, 4) is 6.07 Å². The van der Waals surface area contributed by atoms with Gasteiger partial charge in [-0.2, -0.15) is 5.26 Å². The van der Waals surface area contributed by atoms with Crippen LogP contribution in [0.2, 0.25) is 0 Å². The van der Waals surface area contributed by atoms with Crippen molar-refractivity contribution in [2.45, 2.75) is 39.3 Å². The third-order valence-corrected chi connectivity index (χ3v) is 3.61. The Morgan fingerprint density at radius 2 is 2.12 bits per heavy atom. The lowest BCUT2D eigenvalue weighted by Gasteiger charge is -2.41. The largest absolute Gasteiger partial charge is 0.299 e. The average molecular weight is 238 g/mol. The second-order valence-electron chi connectivity index (χ2n) is 5.19. The van der Waals surface area contributed by atoms with Crippen molar-refractivity contribution in [3.63, 3.8) is 0 Å². The van der Waals surface area contributed by atoms with Gasteiger partial charge in [-0.15, -0.1) is 0 Å². The molecule has 2 atom stereocenters. The molecule has 1 aliphatic heterocycles. The highest BCUT2D eigenvalue weighted by Crippen LogP contribution is 2.12. The Balaban J connectivity index is 2.51. The third-order valence-electron chi connectivity index (χ3n) is 3.61. The molecule has 1 rings (SSSR count). The van der Waals surface area contributed by atoms with Crippen LogP contribution in [0.15, 0.2) is 0 Å². The normalized spacial score (nSPS) is 26.4. The van der Waals surface area contributed by atoms with Crippen molar-refractivity contribution in [3.05, 3.63) is 0 Å². The molecule has 0 saturated carbocycles. The molecule has 0 aromatic heterocycles. The highest BCUT2D eigenvalue weighted by molar-refractivity contribution is 5.06. The van der Waals surface area contributed by atoms with Crippen LogP contribution in [-0.2, 0) is 0 Å². The molecule has 0 radical (unpaired) electrons. The summed E-state index contributed by atoms with van der Waals surface area (Å²) in [4.78, 5) is 4.90. The summed E-state index contributed by atoms with van der Waals surface area (Å²) in [7, 11) is 0. The fourth-order valence-electron chi connectivity index (χ4n) is 2.65. The molecule has 0 aromatic rings. The van der Waals surface area contributed by atoms with Crippen LogP contribution < -0.4 is 5.32 Å². The highest BCUT2D eigenvalue weighted by Gasteiger charge is 2.29. The molecule has 17 heavy (non-hydrogen) atoms. The van der Waals surface area contributed by atoms with Crippen LogP contribution in [0.1, 0.15) is 27.7 Å². The Kier molecular flexibility index (Phi) is 5.38. The lowest BCUT2D eigenvalue weighted by Crippen LogP contribution is -2.57. The van der Waals surface area contributed by atoms with E-state index in [9.17, 15) is 5.26 Å². The zero-order valence-electron chi connectivity index (χ0n) is 11.7. The lowest BCUT2D eigenvalue weighted by molar-refractivity contribution is 0.0760. The van der Waals surface area contributed by atoms with Gasteiger partial charge in [-0.1, -0.05) is 13.8 Å². The fourth-order valence-corrected chi connectivity index (χ4v) is 2.65. The minimum Gasteiger partial charge on any atom is -0.299 e. The number of nitrogens with one attached hydrogen (secondary N) is 1. The molecule has 4 heteroatoms. The second kappa shape index (κ2) is 6.34. The number of rotatable bonds is 5. The van der Waals surface area contributed by atoms with E-state index in [1.165, 1.54) is 0 Å². The van der Waals surface area contributed by atoms with E-state index in [0.29, 0.717) is 6.04 Å². The van der Waals surface area contributed by atoms with Gasteiger partial charge in [0.2, 0.25) is 0 Å². The molecule has 1 fully saturated rings. The van der Waals surface area contributed by atoms with E-state index < -0.39 is 5.54 Å². The van der Waals surface area contributed by atoms with Crippen LogP contribution in [-0.4, -0.2) is 60.6 Å². The van der Waals surface area contributed by atoms with Crippen LogP contribution in [0.4, 0.5) is 0 Å². The molecule has 98 valence electrons. The lowest BCUT2D eigenvalue weighted by atomic mass is 10.0. The summed E-state index contributed by atoms with van der Waals surface area (Å²) in [5.41, 5.74) is -0.414. The van der Waals surface area contributed by atoms with Crippen molar-refractivity contribution in [1.82, 2.24) is 15.1 Å². The minimum absolute atomic E-state index is 0.414. The monoisotopic (exact) mass is 238 g/mol. The Hall–Kier alpha value is -0.630. The van der Waals surface area contributed by atoms with Crippen LogP contribution in [0.25, 0.3) is 0 Å². The van der Waals surface area contributed by atoms with Gasteiger partial charge in [0, 0.05) is 32.2 Å². The summed E-state index contributed by atoms with van der Waals surface area (Å²) in [6.07, 6.45) is 0. The van der Waals surface area contributed by atoms with Gasteiger partial charge in [0.05, 0.1) is 6.07 Å². The number of hydrogen-bond donors (Lipinski definition) is 1. The molecular formula is C13H26N4. The zero-order valence-corrected chi connectivity index (χ0v) is 11.7. The van der Waals surface area contributed by atoms with Gasteiger partial charge >= 0.3 is 0 Å². The molecule has 1 aliphatic rings. The predicted molar refractivity (Wildman–Crippen MR) is 70.8 cm³/mol. The third kappa shape index (κ3) is 3.95. The first-order chi connectivity index (χ1) is 8.04.